The molecular weight excluding hydrogens is 506 g/mol. The minimum atomic E-state index is -0.730. The van der Waals surface area contributed by atoms with Crippen molar-refractivity contribution in [3.05, 3.63) is 75.8 Å². The van der Waals surface area contributed by atoms with Gasteiger partial charge in [0.1, 0.15) is 18.4 Å². The lowest BCUT2D eigenvalue weighted by molar-refractivity contribution is -0.119. The summed E-state index contributed by atoms with van der Waals surface area (Å²) in [7, 11) is 3.38. The van der Waals surface area contributed by atoms with Gasteiger partial charge in [-0.1, -0.05) is 36.2 Å². The molecule has 1 N–H and O–H groups in total. The summed E-state index contributed by atoms with van der Waals surface area (Å²) < 4.78 is 8.87. The van der Waals surface area contributed by atoms with E-state index in [0.29, 0.717) is 53.5 Å². The predicted molar refractivity (Wildman–Crippen MR) is 148 cm³/mol. The van der Waals surface area contributed by atoms with Crippen molar-refractivity contribution in [1.82, 2.24) is 14.3 Å². The highest BCUT2D eigenvalue weighted by Crippen LogP contribution is 2.35. The maximum absolute atomic E-state index is 13.5. The van der Waals surface area contributed by atoms with Gasteiger partial charge < -0.3 is 14.9 Å². The summed E-state index contributed by atoms with van der Waals surface area (Å²) in [4.78, 5) is 32.1. The molecule has 196 valence electrons. The standard InChI is InChI=1S/C28H28ClN5O4/c1-4-5-25(28(36)30-19-7-9-23-17(12-19)15-33(2)31-23)34-16-26(37-3)22(14-27(34)35)21-13-18(29)6-8-20(21)24-10-11-38-32-24/h6-9,12-16,25H,4-5,10-11H2,1-3H3,(H,30,36). The van der Waals surface area contributed by atoms with Gasteiger partial charge in [0.2, 0.25) is 5.91 Å². The highest BCUT2D eigenvalue weighted by Gasteiger charge is 2.25. The number of aryl methyl sites for hydroxylation is 1. The Labute approximate surface area is 224 Å². The zero-order chi connectivity index (χ0) is 26.8. The summed E-state index contributed by atoms with van der Waals surface area (Å²) in [6.07, 6.45) is 5.31. The third-order valence-corrected chi connectivity index (χ3v) is 6.77. The van der Waals surface area contributed by atoms with Crippen LogP contribution in [-0.2, 0) is 16.7 Å². The second-order valence-electron chi connectivity index (χ2n) is 9.18. The monoisotopic (exact) mass is 533 g/mol. The van der Waals surface area contributed by atoms with Gasteiger partial charge in [-0.15, -0.1) is 0 Å². The van der Waals surface area contributed by atoms with E-state index >= 15 is 0 Å². The molecule has 1 aliphatic heterocycles. The average Bonchev–Trinajstić information content (AvgIpc) is 3.56. The van der Waals surface area contributed by atoms with E-state index in [2.05, 4.69) is 15.6 Å². The van der Waals surface area contributed by atoms with Crippen molar-refractivity contribution < 1.29 is 14.4 Å². The van der Waals surface area contributed by atoms with E-state index in [-0.39, 0.29) is 11.5 Å². The van der Waals surface area contributed by atoms with E-state index in [1.54, 1.807) is 29.1 Å². The Morgan fingerprint density at radius 2 is 2.00 bits per heavy atom. The first-order chi connectivity index (χ1) is 18.4. The average molecular weight is 534 g/mol. The fraction of sp³-hybridized carbons (Fsp3) is 0.286. The third-order valence-electron chi connectivity index (χ3n) is 6.54. The first-order valence-electron chi connectivity index (χ1n) is 12.4. The Hall–Kier alpha value is -4.11. The van der Waals surface area contributed by atoms with Crippen molar-refractivity contribution in [3.63, 3.8) is 0 Å². The molecule has 4 aromatic rings. The van der Waals surface area contributed by atoms with Crippen LogP contribution >= 0.6 is 11.6 Å². The number of fused-ring (bicyclic) bond motifs is 1. The zero-order valence-corrected chi connectivity index (χ0v) is 22.2. The minimum Gasteiger partial charge on any atom is -0.495 e. The van der Waals surface area contributed by atoms with Crippen molar-refractivity contribution in [2.24, 2.45) is 12.2 Å². The molecule has 0 bridgehead atoms. The fourth-order valence-electron chi connectivity index (χ4n) is 4.75. The molecule has 2 aromatic heterocycles. The van der Waals surface area contributed by atoms with Gasteiger partial charge in [0.15, 0.2) is 0 Å². The van der Waals surface area contributed by atoms with Crippen molar-refractivity contribution in [3.8, 4) is 16.9 Å². The SMILES string of the molecule is CCCC(C(=O)Nc1ccc2nn(C)cc2c1)n1cc(OC)c(-c2cc(Cl)ccc2C2=NOCC2)cc1=O. The maximum atomic E-state index is 13.5. The number of ether oxygens (including phenoxy) is 1. The number of nitrogens with zero attached hydrogens (tertiary/aromatic N) is 4. The molecular formula is C28H28ClN5O4. The molecule has 0 aliphatic carbocycles. The summed E-state index contributed by atoms with van der Waals surface area (Å²) >= 11 is 6.33. The minimum absolute atomic E-state index is 0.284. The molecule has 0 saturated heterocycles. The number of carbonyl (C=O) groups is 1. The zero-order valence-electron chi connectivity index (χ0n) is 21.4. The molecule has 0 spiro atoms. The first-order valence-corrected chi connectivity index (χ1v) is 12.8. The Kier molecular flexibility index (Phi) is 7.20. The maximum Gasteiger partial charge on any atom is 0.252 e. The molecule has 0 radical (unpaired) electrons. The van der Waals surface area contributed by atoms with Gasteiger partial charge in [-0.2, -0.15) is 5.10 Å². The van der Waals surface area contributed by atoms with Crippen LogP contribution in [0.3, 0.4) is 0 Å². The molecule has 0 fully saturated rings. The van der Waals surface area contributed by atoms with Gasteiger partial charge in [0, 0.05) is 53.0 Å². The fourth-order valence-corrected chi connectivity index (χ4v) is 4.93. The van der Waals surface area contributed by atoms with E-state index in [1.807, 2.05) is 38.4 Å². The van der Waals surface area contributed by atoms with Crippen LogP contribution in [0, 0.1) is 0 Å². The highest BCUT2D eigenvalue weighted by atomic mass is 35.5. The van der Waals surface area contributed by atoms with Crippen LogP contribution in [0.5, 0.6) is 5.75 Å². The van der Waals surface area contributed by atoms with Crippen LogP contribution in [0.25, 0.3) is 22.0 Å². The number of amides is 1. The smallest absolute Gasteiger partial charge is 0.252 e. The normalized spacial score (nSPS) is 13.7. The molecule has 2 aromatic carbocycles. The number of methoxy groups -OCH3 is 1. The molecule has 38 heavy (non-hydrogen) atoms. The summed E-state index contributed by atoms with van der Waals surface area (Å²) in [5.74, 6) is 0.159. The Bertz CT molecular complexity index is 1610. The van der Waals surface area contributed by atoms with Gasteiger partial charge in [-0.05, 0) is 42.3 Å². The molecule has 1 amide bonds. The second-order valence-corrected chi connectivity index (χ2v) is 9.62. The number of aromatic nitrogens is 3. The molecule has 9 nitrogen and oxygen atoms in total. The lowest BCUT2D eigenvalue weighted by Crippen LogP contribution is -2.33. The van der Waals surface area contributed by atoms with Crippen LogP contribution < -0.4 is 15.6 Å². The van der Waals surface area contributed by atoms with Gasteiger partial charge in [0.25, 0.3) is 5.56 Å². The van der Waals surface area contributed by atoms with Crippen LogP contribution in [0.2, 0.25) is 5.02 Å². The van der Waals surface area contributed by atoms with Crippen LogP contribution in [0.4, 0.5) is 5.69 Å². The molecule has 1 unspecified atom stereocenters. The number of rotatable bonds is 8. The van der Waals surface area contributed by atoms with E-state index in [9.17, 15) is 9.59 Å². The number of halogens is 1. The van der Waals surface area contributed by atoms with Crippen molar-refractivity contribution >= 4 is 39.8 Å². The number of hydrogen-bond donors (Lipinski definition) is 1. The molecule has 10 heteroatoms. The summed E-state index contributed by atoms with van der Waals surface area (Å²) in [6.45, 7) is 2.47. The molecule has 1 aliphatic rings. The quantitative estimate of drug-likeness (QED) is 0.337. The summed E-state index contributed by atoms with van der Waals surface area (Å²) in [6, 6.07) is 11.7. The number of nitrogens with one attached hydrogen (secondary N) is 1. The summed E-state index contributed by atoms with van der Waals surface area (Å²) in [5, 5.41) is 12.9. The number of pyridine rings is 1. The Balaban J connectivity index is 1.52. The first kappa shape index (κ1) is 25.5. The number of hydrogen-bond acceptors (Lipinski definition) is 6. The second kappa shape index (κ2) is 10.7. The van der Waals surface area contributed by atoms with E-state index < -0.39 is 6.04 Å². The molecule has 3 heterocycles. The molecule has 5 rings (SSSR count). The van der Waals surface area contributed by atoms with Crippen molar-refractivity contribution in [1.29, 1.82) is 0 Å². The van der Waals surface area contributed by atoms with Crippen LogP contribution in [0.15, 0.2) is 64.8 Å². The highest BCUT2D eigenvalue weighted by molar-refractivity contribution is 6.31. The number of benzene rings is 2. The Morgan fingerprint density at radius 3 is 2.74 bits per heavy atom. The van der Waals surface area contributed by atoms with Gasteiger partial charge >= 0.3 is 0 Å². The number of oxime groups is 1. The topological polar surface area (TPSA) is 99.7 Å². The van der Waals surface area contributed by atoms with Crippen molar-refractivity contribution in [2.75, 3.05) is 19.0 Å². The van der Waals surface area contributed by atoms with Gasteiger partial charge in [-0.3, -0.25) is 18.8 Å². The molecule has 0 saturated carbocycles. The lowest BCUT2D eigenvalue weighted by atomic mass is 9.95. The van der Waals surface area contributed by atoms with Gasteiger partial charge in [0.05, 0.1) is 24.5 Å². The number of anilines is 1. The largest absolute Gasteiger partial charge is 0.495 e. The van der Waals surface area contributed by atoms with Gasteiger partial charge in [-0.25, -0.2) is 0 Å². The Morgan fingerprint density at radius 1 is 1.16 bits per heavy atom. The van der Waals surface area contributed by atoms with E-state index in [1.165, 1.54) is 17.7 Å². The summed E-state index contributed by atoms with van der Waals surface area (Å²) in [5.41, 5.74) is 4.02. The predicted octanol–water partition coefficient (Wildman–Crippen LogP) is 5.17. The van der Waals surface area contributed by atoms with Crippen LogP contribution in [-0.4, -0.2) is 39.7 Å². The van der Waals surface area contributed by atoms with Crippen molar-refractivity contribution in [2.45, 2.75) is 32.2 Å². The van der Waals surface area contributed by atoms with E-state index in [0.717, 1.165) is 22.2 Å². The molecule has 1 atom stereocenters. The van der Waals surface area contributed by atoms with Crippen LogP contribution in [0.1, 0.15) is 37.8 Å². The lowest BCUT2D eigenvalue weighted by Gasteiger charge is -2.21. The third kappa shape index (κ3) is 5.02. The van der Waals surface area contributed by atoms with E-state index in [4.69, 9.17) is 21.2 Å². The number of carbonyl (C=O) groups excluding carboxylic acids is 1.